The molecule has 2 heterocycles. The number of hydrogen-bond acceptors (Lipinski definition) is 5. The van der Waals surface area contributed by atoms with E-state index in [1.165, 1.54) is 0 Å². The molecule has 1 saturated carbocycles. The monoisotopic (exact) mass is 366 g/mol. The van der Waals surface area contributed by atoms with Crippen LogP contribution in [0, 0.1) is 39.4 Å². The first kappa shape index (κ1) is 17.8. The first-order valence-electron chi connectivity index (χ1n) is 9.14. The van der Waals surface area contributed by atoms with Gasteiger partial charge in [-0.2, -0.15) is 15.8 Å². The van der Waals surface area contributed by atoms with Gasteiger partial charge >= 0.3 is 0 Å². The maximum atomic E-state index is 11.3. The molecule has 0 spiro atoms. The van der Waals surface area contributed by atoms with Gasteiger partial charge in [-0.1, -0.05) is 60.7 Å². The molecular formula is C23H18N4O. The Bertz CT molecular complexity index is 988. The van der Waals surface area contributed by atoms with Crippen molar-refractivity contribution in [2.75, 3.05) is 0 Å². The minimum absolute atomic E-state index is 0.152. The predicted molar refractivity (Wildman–Crippen MR) is 102 cm³/mol. The number of rotatable bonds is 2. The van der Waals surface area contributed by atoms with E-state index < -0.39 is 11.1 Å². The standard InChI is InChI=1S/C23H18N4O/c24-13-18(14-25)21-23(15-26)19(16-7-3-1-4-8-16)11-22(28,27-21)12-20(23)17-9-5-2-6-10-17/h1-10,19-20,27-28H,11-12H2. The van der Waals surface area contributed by atoms with Crippen molar-refractivity contribution >= 4 is 0 Å². The molecule has 2 atom stereocenters. The van der Waals surface area contributed by atoms with Crippen molar-refractivity contribution in [1.29, 1.82) is 15.8 Å². The van der Waals surface area contributed by atoms with Crippen molar-refractivity contribution in [2.45, 2.75) is 30.4 Å². The predicted octanol–water partition coefficient (Wildman–Crippen LogP) is 3.45. The molecule has 28 heavy (non-hydrogen) atoms. The quantitative estimate of drug-likeness (QED) is 0.792. The third-order valence-corrected chi connectivity index (χ3v) is 6.02. The van der Waals surface area contributed by atoms with Crippen molar-refractivity contribution in [3.05, 3.63) is 83.1 Å². The molecule has 5 nitrogen and oxygen atoms in total. The summed E-state index contributed by atoms with van der Waals surface area (Å²) >= 11 is 0. The lowest BCUT2D eigenvalue weighted by molar-refractivity contribution is -0.0932. The smallest absolute Gasteiger partial charge is 0.150 e. The molecule has 2 aromatic carbocycles. The molecule has 2 N–H and O–H groups in total. The van der Waals surface area contributed by atoms with Gasteiger partial charge in [0.1, 0.15) is 28.9 Å². The zero-order chi connectivity index (χ0) is 19.8. The number of nitrogens with zero attached hydrogens (tertiary/aromatic N) is 3. The molecule has 2 aliphatic heterocycles. The first-order valence-corrected chi connectivity index (χ1v) is 9.14. The highest BCUT2D eigenvalue weighted by Crippen LogP contribution is 2.64. The third-order valence-electron chi connectivity index (χ3n) is 6.02. The zero-order valence-corrected chi connectivity index (χ0v) is 15.1. The molecule has 1 aliphatic carbocycles. The van der Waals surface area contributed by atoms with Gasteiger partial charge in [-0.25, -0.2) is 0 Å². The second kappa shape index (κ2) is 6.54. The summed E-state index contributed by atoms with van der Waals surface area (Å²) in [6.07, 6.45) is 0.670. The van der Waals surface area contributed by atoms with Gasteiger partial charge in [-0.05, 0) is 11.1 Å². The van der Waals surface area contributed by atoms with Gasteiger partial charge in [0, 0.05) is 24.7 Å². The number of allylic oxidation sites excluding steroid dienone is 2. The number of aliphatic hydroxyl groups is 1. The lowest BCUT2D eigenvalue weighted by atomic mass is 9.50. The molecule has 2 unspecified atom stereocenters. The molecule has 5 heteroatoms. The van der Waals surface area contributed by atoms with E-state index in [-0.39, 0.29) is 23.1 Å². The lowest BCUT2D eigenvalue weighted by Gasteiger charge is -2.58. The van der Waals surface area contributed by atoms with E-state index in [4.69, 9.17) is 0 Å². The van der Waals surface area contributed by atoms with Gasteiger partial charge in [0.2, 0.25) is 0 Å². The molecular weight excluding hydrogens is 348 g/mol. The molecule has 136 valence electrons. The second-order valence-corrected chi connectivity index (χ2v) is 7.45. The Kier molecular flexibility index (Phi) is 4.16. The number of hydrogen-bond donors (Lipinski definition) is 2. The highest BCUT2D eigenvalue weighted by molar-refractivity contribution is 5.53. The van der Waals surface area contributed by atoms with Crippen molar-refractivity contribution in [3.8, 4) is 18.2 Å². The van der Waals surface area contributed by atoms with Crippen molar-refractivity contribution in [2.24, 2.45) is 5.41 Å². The molecule has 0 amide bonds. The van der Waals surface area contributed by atoms with Crippen LogP contribution in [0.1, 0.15) is 35.8 Å². The van der Waals surface area contributed by atoms with E-state index in [1.54, 1.807) is 0 Å². The maximum absolute atomic E-state index is 11.3. The summed E-state index contributed by atoms with van der Waals surface area (Å²) in [7, 11) is 0. The largest absolute Gasteiger partial charge is 0.371 e. The highest BCUT2D eigenvalue weighted by Gasteiger charge is 2.64. The summed E-state index contributed by atoms with van der Waals surface area (Å²) in [6.45, 7) is 0. The second-order valence-electron chi connectivity index (χ2n) is 7.45. The van der Waals surface area contributed by atoms with E-state index in [0.29, 0.717) is 12.8 Å². The average molecular weight is 366 g/mol. The Morgan fingerprint density at radius 2 is 1.32 bits per heavy atom. The Labute approximate surface area is 163 Å². The van der Waals surface area contributed by atoms with Gasteiger partial charge in [-0.15, -0.1) is 0 Å². The van der Waals surface area contributed by atoms with Crippen LogP contribution in [-0.4, -0.2) is 10.8 Å². The molecule has 2 saturated heterocycles. The number of fused-ring (bicyclic) bond motifs is 3. The van der Waals surface area contributed by atoms with Crippen LogP contribution >= 0.6 is 0 Å². The molecule has 0 radical (unpaired) electrons. The molecule has 2 bridgehead atoms. The van der Waals surface area contributed by atoms with Gasteiger partial charge < -0.3 is 10.4 Å². The Balaban J connectivity index is 2.04. The van der Waals surface area contributed by atoms with E-state index in [1.807, 2.05) is 72.8 Å². The van der Waals surface area contributed by atoms with E-state index in [9.17, 15) is 20.9 Å². The fourth-order valence-electron chi connectivity index (χ4n) is 4.86. The van der Waals surface area contributed by atoms with Crippen molar-refractivity contribution in [1.82, 2.24) is 5.32 Å². The van der Waals surface area contributed by atoms with Crippen LogP contribution in [0.3, 0.4) is 0 Å². The Morgan fingerprint density at radius 3 is 1.71 bits per heavy atom. The fraction of sp³-hybridized carbons (Fsp3) is 0.261. The minimum atomic E-state index is -1.30. The van der Waals surface area contributed by atoms with Gasteiger partial charge in [-0.3, -0.25) is 0 Å². The lowest BCUT2D eigenvalue weighted by Crippen LogP contribution is -2.64. The van der Waals surface area contributed by atoms with Crippen LogP contribution in [0.2, 0.25) is 0 Å². The number of benzene rings is 2. The molecule has 3 fully saturated rings. The minimum Gasteiger partial charge on any atom is -0.371 e. The highest BCUT2D eigenvalue weighted by atomic mass is 16.3. The SMILES string of the molecule is N#CC(C#N)=C1NC2(O)CC(c3ccccc3)C1(C#N)C(c1ccccc1)C2. The van der Waals surface area contributed by atoms with Crippen LogP contribution in [0.15, 0.2) is 71.9 Å². The van der Waals surface area contributed by atoms with Crippen LogP contribution in [0.25, 0.3) is 0 Å². The summed E-state index contributed by atoms with van der Waals surface area (Å²) in [5, 5.41) is 43.9. The summed E-state index contributed by atoms with van der Waals surface area (Å²) in [6, 6.07) is 25.5. The molecule has 0 aromatic heterocycles. The van der Waals surface area contributed by atoms with Crippen LogP contribution in [-0.2, 0) is 0 Å². The summed E-state index contributed by atoms with van der Waals surface area (Å²) in [5.74, 6) is -0.703. The Hall–Kier alpha value is -3.59. The van der Waals surface area contributed by atoms with Gasteiger partial charge in [0.15, 0.2) is 0 Å². The van der Waals surface area contributed by atoms with E-state index in [0.717, 1.165) is 11.1 Å². The average Bonchev–Trinajstić information content (AvgIpc) is 2.75. The van der Waals surface area contributed by atoms with Crippen LogP contribution in [0.4, 0.5) is 0 Å². The normalized spacial score (nSPS) is 30.4. The van der Waals surface area contributed by atoms with Crippen LogP contribution in [0.5, 0.6) is 0 Å². The van der Waals surface area contributed by atoms with Gasteiger partial charge in [0.05, 0.1) is 11.8 Å². The molecule has 3 aliphatic rings. The topological polar surface area (TPSA) is 104 Å². The molecule has 5 rings (SSSR count). The third kappa shape index (κ3) is 2.48. The first-order chi connectivity index (χ1) is 13.6. The molecule has 2 aromatic rings. The van der Waals surface area contributed by atoms with Crippen molar-refractivity contribution < 1.29 is 5.11 Å². The summed E-state index contributed by atoms with van der Waals surface area (Å²) in [5.41, 5.74) is -0.527. The maximum Gasteiger partial charge on any atom is 0.150 e. The van der Waals surface area contributed by atoms with E-state index >= 15 is 0 Å². The number of nitriles is 3. The zero-order valence-electron chi connectivity index (χ0n) is 15.1. The van der Waals surface area contributed by atoms with Crippen molar-refractivity contribution in [3.63, 3.8) is 0 Å². The fourth-order valence-corrected chi connectivity index (χ4v) is 4.86. The number of nitrogens with one attached hydrogen (secondary N) is 1. The van der Waals surface area contributed by atoms with Gasteiger partial charge in [0.25, 0.3) is 0 Å². The Morgan fingerprint density at radius 1 is 0.857 bits per heavy atom. The summed E-state index contributed by atoms with van der Waals surface area (Å²) in [4.78, 5) is 0. The van der Waals surface area contributed by atoms with Crippen LogP contribution < -0.4 is 5.32 Å². The summed E-state index contributed by atoms with van der Waals surface area (Å²) < 4.78 is 0. The van der Waals surface area contributed by atoms with E-state index in [2.05, 4.69) is 11.4 Å². The number of piperidine rings is 2.